The molecular weight excluding hydrogens is 324 g/mol. The average Bonchev–Trinajstić information content (AvgIpc) is 2.56. The molecule has 6 heteroatoms. The molecule has 1 heterocycles. The predicted molar refractivity (Wildman–Crippen MR) is 97.7 cm³/mol. The summed E-state index contributed by atoms with van der Waals surface area (Å²) in [6, 6.07) is 7.97. The van der Waals surface area contributed by atoms with Gasteiger partial charge in [-0.15, -0.1) is 0 Å². The Morgan fingerprint density at radius 1 is 1.21 bits per heavy atom. The summed E-state index contributed by atoms with van der Waals surface area (Å²) in [4.78, 5) is 14.4. The van der Waals surface area contributed by atoms with Crippen LogP contribution in [0.1, 0.15) is 44.6 Å². The van der Waals surface area contributed by atoms with E-state index in [9.17, 15) is 13.2 Å². The molecule has 1 aliphatic rings. The van der Waals surface area contributed by atoms with Gasteiger partial charge in [0.15, 0.2) is 0 Å². The topological polar surface area (TPSA) is 57.7 Å². The Kier molecular flexibility index (Phi) is 6.80. The maximum absolute atomic E-state index is 12.6. The molecule has 0 radical (unpaired) electrons. The van der Waals surface area contributed by atoms with Crippen LogP contribution in [0.5, 0.6) is 0 Å². The van der Waals surface area contributed by atoms with E-state index in [0.29, 0.717) is 13.1 Å². The van der Waals surface area contributed by atoms with Gasteiger partial charge in [0.05, 0.1) is 6.26 Å². The van der Waals surface area contributed by atoms with E-state index in [-0.39, 0.29) is 18.9 Å². The van der Waals surface area contributed by atoms with Crippen molar-refractivity contribution in [3.8, 4) is 0 Å². The first-order valence-electron chi connectivity index (χ1n) is 8.77. The molecule has 1 aromatic carbocycles. The summed E-state index contributed by atoms with van der Waals surface area (Å²) in [5, 5.41) is 0. The van der Waals surface area contributed by atoms with E-state index in [1.807, 2.05) is 23.1 Å². The van der Waals surface area contributed by atoms with Crippen LogP contribution < -0.4 is 4.90 Å². The van der Waals surface area contributed by atoms with E-state index in [2.05, 4.69) is 13.0 Å². The summed E-state index contributed by atoms with van der Waals surface area (Å²) in [6.07, 6.45) is 6.28. The SMILES string of the molecule is CCCCCN(CCC(=O)N1CCCc2ccccc21)S(C)(=O)=O. The number of rotatable bonds is 8. The minimum absolute atomic E-state index is 0.00583. The molecule has 0 bridgehead atoms. The number of unbranched alkanes of at least 4 members (excludes halogenated alkanes) is 2. The smallest absolute Gasteiger partial charge is 0.228 e. The quantitative estimate of drug-likeness (QED) is 0.676. The number of sulfonamides is 1. The van der Waals surface area contributed by atoms with Crippen molar-refractivity contribution in [3.05, 3.63) is 29.8 Å². The van der Waals surface area contributed by atoms with Crippen molar-refractivity contribution in [1.82, 2.24) is 4.31 Å². The molecule has 0 N–H and O–H groups in total. The predicted octanol–water partition coefficient (Wildman–Crippen LogP) is 2.81. The van der Waals surface area contributed by atoms with E-state index < -0.39 is 10.0 Å². The van der Waals surface area contributed by atoms with Crippen LogP contribution in [0.15, 0.2) is 24.3 Å². The molecule has 134 valence electrons. The van der Waals surface area contributed by atoms with Crippen LogP contribution >= 0.6 is 0 Å². The number of aryl methyl sites for hydroxylation is 1. The fraction of sp³-hybridized carbons (Fsp3) is 0.611. The van der Waals surface area contributed by atoms with Crippen molar-refractivity contribution >= 4 is 21.6 Å². The number of benzene rings is 1. The summed E-state index contributed by atoms with van der Waals surface area (Å²) >= 11 is 0. The Morgan fingerprint density at radius 2 is 1.96 bits per heavy atom. The number of carbonyl (C=O) groups excluding carboxylic acids is 1. The Morgan fingerprint density at radius 3 is 2.67 bits per heavy atom. The van der Waals surface area contributed by atoms with Gasteiger partial charge in [-0.2, -0.15) is 0 Å². The minimum atomic E-state index is -3.27. The molecule has 0 aliphatic carbocycles. The third kappa shape index (κ3) is 5.05. The van der Waals surface area contributed by atoms with E-state index >= 15 is 0 Å². The van der Waals surface area contributed by atoms with E-state index in [0.717, 1.165) is 37.8 Å². The van der Waals surface area contributed by atoms with Gasteiger partial charge in [0.1, 0.15) is 0 Å². The first-order valence-corrected chi connectivity index (χ1v) is 10.6. The van der Waals surface area contributed by atoms with Crippen molar-refractivity contribution in [1.29, 1.82) is 0 Å². The van der Waals surface area contributed by atoms with Crippen molar-refractivity contribution in [2.75, 3.05) is 30.8 Å². The van der Waals surface area contributed by atoms with Gasteiger partial charge in [-0.25, -0.2) is 12.7 Å². The van der Waals surface area contributed by atoms with Gasteiger partial charge < -0.3 is 4.90 Å². The number of nitrogens with zero attached hydrogens (tertiary/aromatic N) is 2. The molecule has 1 aliphatic heterocycles. The molecule has 1 amide bonds. The molecule has 24 heavy (non-hydrogen) atoms. The second-order valence-electron chi connectivity index (χ2n) is 6.40. The molecule has 2 rings (SSSR count). The summed E-state index contributed by atoms with van der Waals surface area (Å²) in [5.41, 5.74) is 2.17. The molecule has 1 aromatic rings. The van der Waals surface area contributed by atoms with Crippen LogP contribution in [-0.2, 0) is 21.2 Å². The van der Waals surface area contributed by atoms with Crippen LogP contribution in [0.3, 0.4) is 0 Å². The molecule has 0 saturated carbocycles. The average molecular weight is 353 g/mol. The molecular formula is C18H28N2O3S. The van der Waals surface area contributed by atoms with Crippen LogP contribution in [0, 0.1) is 0 Å². The Balaban J connectivity index is 1.99. The highest BCUT2D eigenvalue weighted by molar-refractivity contribution is 7.88. The molecule has 0 spiro atoms. The van der Waals surface area contributed by atoms with Crippen molar-refractivity contribution in [2.45, 2.75) is 45.4 Å². The van der Waals surface area contributed by atoms with Crippen LogP contribution in [0.25, 0.3) is 0 Å². The second-order valence-corrected chi connectivity index (χ2v) is 8.38. The number of hydrogen-bond acceptors (Lipinski definition) is 3. The fourth-order valence-electron chi connectivity index (χ4n) is 3.13. The van der Waals surface area contributed by atoms with E-state index in [1.54, 1.807) is 0 Å². The van der Waals surface area contributed by atoms with E-state index in [4.69, 9.17) is 0 Å². The number of para-hydroxylation sites is 1. The monoisotopic (exact) mass is 352 g/mol. The van der Waals surface area contributed by atoms with Crippen LogP contribution in [0.4, 0.5) is 5.69 Å². The summed E-state index contributed by atoms with van der Waals surface area (Å²) in [7, 11) is -3.27. The van der Waals surface area contributed by atoms with Crippen molar-refractivity contribution in [3.63, 3.8) is 0 Å². The van der Waals surface area contributed by atoms with Gasteiger partial charge in [0.25, 0.3) is 0 Å². The Bertz CT molecular complexity index is 658. The van der Waals surface area contributed by atoms with Crippen molar-refractivity contribution < 1.29 is 13.2 Å². The molecule has 0 fully saturated rings. The highest BCUT2D eigenvalue weighted by atomic mass is 32.2. The summed E-state index contributed by atoms with van der Waals surface area (Å²) in [5.74, 6) is 0.00583. The van der Waals surface area contributed by atoms with Gasteiger partial charge in [0.2, 0.25) is 15.9 Å². The molecule has 5 nitrogen and oxygen atoms in total. The number of hydrogen-bond donors (Lipinski definition) is 0. The minimum Gasteiger partial charge on any atom is -0.312 e. The lowest BCUT2D eigenvalue weighted by molar-refractivity contribution is -0.118. The largest absolute Gasteiger partial charge is 0.312 e. The van der Waals surface area contributed by atoms with Gasteiger partial charge in [-0.05, 0) is 30.9 Å². The first-order chi connectivity index (χ1) is 11.4. The number of anilines is 1. The van der Waals surface area contributed by atoms with Crippen LogP contribution in [0.2, 0.25) is 0 Å². The Labute approximate surface area is 145 Å². The third-order valence-electron chi connectivity index (χ3n) is 4.47. The summed E-state index contributed by atoms with van der Waals surface area (Å²) < 4.78 is 25.3. The molecule has 0 atom stereocenters. The van der Waals surface area contributed by atoms with Gasteiger partial charge in [-0.1, -0.05) is 38.0 Å². The van der Waals surface area contributed by atoms with Crippen molar-refractivity contribution in [2.24, 2.45) is 0 Å². The summed E-state index contributed by atoms with van der Waals surface area (Å²) in [6.45, 7) is 3.56. The number of fused-ring (bicyclic) bond motifs is 1. The standard InChI is InChI=1S/C18H28N2O3S/c1-3-4-7-13-19(24(2,22)23)15-12-18(21)20-14-8-10-16-9-5-6-11-17(16)20/h5-6,9,11H,3-4,7-8,10,12-15H2,1-2H3. The van der Waals surface area contributed by atoms with E-state index in [1.165, 1.54) is 16.1 Å². The number of carbonyl (C=O) groups is 1. The fourth-order valence-corrected chi connectivity index (χ4v) is 4.01. The van der Waals surface area contributed by atoms with Gasteiger partial charge >= 0.3 is 0 Å². The normalized spacial score (nSPS) is 14.7. The lowest BCUT2D eigenvalue weighted by atomic mass is 10.0. The highest BCUT2D eigenvalue weighted by Gasteiger charge is 2.24. The third-order valence-corrected chi connectivity index (χ3v) is 5.77. The zero-order chi connectivity index (χ0) is 17.6. The van der Waals surface area contributed by atoms with Crippen LogP contribution in [-0.4, -0.2) is 44.5 Å². The highest BCUT2D eigenvalue weighted by Crippen LogP contribution is 2.27. The molecule has 0 aromatic heterocycles. The zero-order valence-corrected chi connectivity index (χ0v) is 15.5. The zero-order valence-electron chi connectivity index (χ0n) is 14.7. The maximum atomic E-state index is 12.6. The maximum Gasteiger partial charge on any atom is 0.228 e. The molecule has 0 saturated heterocycles. The molecule has 0 unspecified atom stereocenters. The van der Waals surface area contributed by atoms with Gasteiger partial charge in [0, 0.05) is 31.7 Å². The lowest BCUT2D eigenvalue weighted by Crippen LogP contribution is -2.39. The second kappa shape index (κ2) is 8.62. The van der Waals surface area contributed by atoms with Gasteiger partial charge in [-0.3, -0.25) is 4.79 Å². The lowest BCUT2D eigenvalue weighted by Gasteiger charge is -2.30. The number of amides is 1. The first kappa shape index (κ1) is 18.9. The Hall–Kier alpha value is -1.40.